The van der Waals surface area contributed by atoms with Crippen molar-refractivity contribution in [3.05, 3.63) is 18.5 Å². The highest BCUT2D eigenvalue weighted by Crippen LogP contribution is 2.03. The number of rotatable bonds is 1. The Hall–Kier alpha value is -1.65. The molecule has 0 atom stereocenters. The Balaban J connectivity index is 2.79. The Morgan fingerprint density at radius 3 is 3.27 bits per heavy atom. The van der Waals surface area contributed by atoms with Gasteiger partial charge in [-0.2, -0.15) is 4.52 Å². The molecule has 2 aromatic heterocycles. The number of aromatic nitrogens is 4. The van der Waals surface area contributed by atoms with Crippen molar-refractivity contribution in [1.29, 1.82) is 0 Å². The number of anilines is 1. The molecular weight excluding hydrogens is 142 g/mol. The summed E-state index contributed by atoms with van der Waals surface area (Å²) in [5.74, 6) is 0.694. The Morgan fingerprint density at radius 1 is 1.55 bits per heavy atom. The van der Waals surface area contributed by atoms with E-state index in [9.17, 15) is 0 Å². The molecule has 1 N–H and O–H groups in total. The highest BCUT2D eigenvalue weighted by atomic mass is 15.4. The minimum atomic E-state index is 0.694. The Bertz CT molecular complexity index is 366. The van der Waals surface area contributed by atoms with Crippen LogP contribution < -0.4 is 5.32 Å². The van der Waals surface area contributed by atoms with Gasteiger partial charge in [0.05, 0.1) is 11.7 Å². The molecule has 0 saturated carbocycles. The highest BCUT2D eigenvalue weighted by Gasteiger charge is 1.98. The fourth-order valence-corrected chi connectivity index (χ4v) is 0.931. The molecule has 0 aliphatic carbocycles. The van der Waals surface area contributed by atoms with E-state index < -0.39 is 0 Å². The molecule has 0 fully saturated rings. The van der Waals surface area contributed by atoms with Crippen LogP contribution in [0.25, 0.3) is 5.52 Å². The summed E-state index contributed by atoms with van der Waals surface area (Å²) in [7, 11) is 1.80. The van der Waals surface area contributed by atoms with E-state index in [0.717, 1.165) is 5.52 Å². The summed E-state index contributed by atoms with van der Waals surface area (Å²) >= 11 is 0. The van der Waals surface area contributed by atoms with Crippen LogP contribution in [0.3, 0.4) is 0 Å². The standard InChI is InChI=1S/C6H7N5/c1-7-6-8-3-2-5-4-9-10-11(5)6/h2-4H,1H3,(H,7,8). The van der Waals surface area contributed by atoms with Crippen molar-refractivity contribution >= 4 is 11.5 Å². The van der Waals surface area contributed by atoms with Crippen molar-refractivity contribution in [2.24, 2.45) is 0 Å². The van der Waals surface area contributed by atoms with Gasteiger partial charge >= 0.3 is 0 Å². The van der Waals surface area contributed by atoms with Gasteiger partial charge in [0, 0.05) is 13.2 Å². The Morgan fingerprint density at radius 2 is 2.45 bits per heavy atom. The fourth-order valence-electron chi connectivity index (χ4n) is 0.931. The third-order valence-corrected chi connectivity index (χ3v) is 1.44. The first kappa shape index (κ1) is 6.09. The van der Waals surface area contributed by atoms with Gasteiger partial charge in [0.15, 0.2) is 0 Å². The molecule has 2 aromatic rings. The monoisotopic (exact) mass is 149 g/mol. The van der Waals surface area contributed by atoms with Crippen LogP contribution in [0.4, 0.5) is 5.95 Å². The quantitative estimate of drug-likeness (QED) is 0.627. The van der Waals surface area contributed by atoms with Crippen LogP contribution in [-0.2, 0) is 0 Å². The van der Waals surface area contributed by atoms with Crippen molar-refractivity contribution in [2.75, 3.05) is 12.4 Å². The van der Waals surface area contributed by atoms with Gasteiger partial charge in [-0.1, -0.05) is 5.21 Å². The van der Waals surface area contributed by atoms with E-state index in [4.69, 9.17) is 0 Å². The van der Waals surface area contributed by atoms with E-state index >= 15 is 0 Å². The Labute approximate surface area is 63.1 Å². The molecule has 0 radical (unpaired) electrons. The predicted octanol–water partition coefficient (Wildman–Crippen LogP) is 0.166. The second kappa shape index (κ2) is 2.19. The minimum Gasteiger partial charge on any atom is -0.357 e. The van der Waals surface area contributed by atoms with Crippen LogP contribution in [0.1, 0.15) is 0 Å². The van der Waals surface area contributed by atoms with Crippen LogP contribution in [-0.4, -0.2) is 26.9 Å². The van der Waals surface area contributed by atoms with Crippen LogP contribution >= 0.6 is 0 Å². The largest absolute Gasteiger partial charge is 0.357 e. The third kappa shape index (κ3) is 0.813. The molecule has 0 aromatic carbocycles. The molecule has 0 spiro atoms. The summed E-state index contributed by atoms with van der Waals surface area (Å²) in [6.45, 7) is 0. The number of nitrogens with one attached hydrogen (secondary N) is 1. The molecule has 11 heavy (non-hydrogen) atoms. The van der Waals surface area contributed by atoms with Gasteiger partial charge in [0.1, 0.15) is 0 Å². The van der Waals surface area contributed by atoms with Gasteiger partial charge in [-0.05, 0) is 6.07 Å². The summed E-state index contributed by atoms with van der Waals surface area (Å²) in [5, 5.41) is 10.5. The maximum Gasteiger partial charge on any atom is 0.225 e. The first-order valence-electron chi connectivity index (χ1n) is 3.25. The number of hydrogen-bond donors (Lipinski definition) is 1. The van der Waals surface area contributed by atoms with Crippen LogP contribution in [0.2, 0.25) is 0 Å². The maximum atomic E-state index is 4.05. The summed E-state index contributed by atoms with van der Waals surface area (Å²) in [5.41, 5.74) is 0.935. The molecule has 0 aliphatic heterocycles. The normalized spacial score (nSPS) is 10.3. The van der Waals surface area contributed by atoms with Gasteiger partial charge in [-0.25, -0.2) is 4.98 Å². The average molecular weight is 149 g/mol. The van der Waals surface area contributed by atoms with Crippen molar-refractivity contribution in [3.8, 4) is 0 Å². The first-order chi connectivity index (χ1) is 5.42. The van der Waals surface area contributed by atoms with E-state index in [1.54, 1.807) is 24.0 Å². The smallest absolute Gasteiger partial charge is 0.225 e. The number of hydrogen-bond acceptors (Lipinski definition) is 4. The lowest BCUT2D eigenvalue weighted by Gasteiger charge is -1.98. The van der Waals surface area contributed by atoms with E-state index in [2.05, 4.69) is 20.6 Å². The molecule has 0 bridgehead atoms. The molecule has 0 saturated heterocycles. The molecule has 2 rings (SSSR count). The van der Waals surface area contributed by atoms with Crippen molar-refractivity contribution in [1.82, 2.24) is 19.8 Å². The predicted molar refractivity (Wildman–Crippen MR) is 40.3 cm³/mol. The van der Waals surface area contributed by atoms with Gasteiger partial charge in [-0.3, -0.25) is 0 Å². The molecule has 2 heterocycles. The molecule has 5 nitrogen and oxygen atoms in total. The molecule has 0 amide bonds. The summed E-state index contributed by atoms with van der Waals surface area (Å²) in [6.07, 6.45) is 3.40. The molecule has 56 valence electrons. The second-order valence-corrected chi connectivity index (χ2v) is 2.09. The van der Waals surface area contributed by atoms with Crippen molar-refractivity contribution in [3.63, 3.8) is 0 Å². The van der Waals surface area contributed by atoms with Gasteiger partial charge in [0.25, 0.3) is 0 Å². The fraction of sp³-hybridized carbons (Fsp3) is 0.167. The number of nitrogens with zero attached hydrogens (tertiary/aromatic N) is 4. The van der Waals surface area contributed by atoms with Crippen LogP contribution in [0.5, 0.6) is 0 Å². The molecule has 5 heteroatoms. The Kier molecular flexibility index (Phi) is 1.21. The summed E-state index contributed by atoms with van der Waals surface area (Å²) < 4.78 is 1.64. The van der Waals surface area contributed by atoms with E-state index in [1.807, 2.05) is 6.07 Å². The average Bonchev–Trinajstić information content (AvgIpc) is 2.50. The second-order valence-electron chi connectivity index (χ2n) is 2.09. The molecular formula is C6H7N5. The third-order valence-electron chi connectivity index (χ3n) is 1.44. The molecule has 0 unspecified atom stereocenters. The molecule has 0 aliphatic rings. The highest BCUT2D eigenvalue weighted by molar-refractivity contribution is 5.47. The van der Waals surface area contributed by atoms with E-state index in [1.165, 1.54) is 0 Å². The first-order valence-corrected chi connectivity index (χ1v) is 3.25. The SMILES string of the molecule is CNc1nccc2cnnn12. The van der Waals surface area contributed by atoms with Gasteiger partial charge < -0.3 is 5.32 Å². The number of fused-ring (bicyclic) bond motifs is 1. The van der Waals surface area contributed by atoms with Crippen molar-refractivity contribution in [2.45, 2.75) is 0 Å². The topological polar surface area (TPSA) is 55.1 Å². The maximum absolute atomic E-state index is 4.05. The summed E-state index contributed by atoms with van der Waals surface area (Å²) in [6, 6.07) is 1.85. The zero-order valence-electron chi connectivity index (χ0n) is 6.02. The van der Waals surface area contributed by atoms with E-state index in [0.29, 0.717) is 5.95 Å². The minimum absolute atomic E-state index is 0.694. The van der Waals surface area contributed by atoms with Crippen molar-refractivity contribution < 1.29 is 0 Å². The van der Waals surface area contributed by atoms with Crippen LogP contribution in [0, 0.1) is 0 Å². The summed E-state index contributed by atoms with van der Waals surface area (Å²) in [4.78, 5) is 4.05. The van der Waals surface area contributed by atoms with Gasteiger partial charge in [-0.15, -0.1) is 5.10 Å². The zero-order valence-corrected chi connectivity index (χ0v) is 6.02. The van der Waals surface area contributed by atoms with Gasteiger partial charge in [0.2, 0.25) is 5.95 Å². The zero-order chi connectivity index (χ0) is 7.68. The lowest BCUT2D eigenvalue weighted by Crippen LogP contribution is -2.01. The lowest BCUT2D eigenvalue weighted by molar-refractivity contribution is 0.841. The van der Waals surface area contributed by atoms with E-state index in [-0.39, 0.29) is 0 Å². The van der Waals surface area contributed by atoms with Crippen LogP contribution in [0.15, 0.2) is 18.5 Å². The lowest BCUT2D eigenvalue weighted by atomic mass is 10.5.